The van der Waals surface area contributed by atoms with Gasteiger partial charge in [-0.1, -0.05) is 30.3 Å². The van der Waals surface area contributed by atoms with Crippen LogP contribution in [0.2, 0.25) is 0 Å². The smallest absolute Gasteiger partial charge is 0.244 e. The lowest BCUT2D eigenvalue weighted by Crippen LogP contribution is -2.45. The summed E-state index contributed by atoms with van der Waals surface area (Å²) in [7, 11) is 0. The van der Waals surface area contributed by atoms with Gasteiger partial charge in [0.05, 0.1) is 16.6 Å². The van der Waals surface area contributed by atoms with Crippen molar-refractivity contribution in [3.8, 4) is 0 Å². The lowest BCUT2D eigenvalue weighted by molar-refractivity contribution is -0.121. The Morgan fingerprint density at radius 1 is 1.14 bits per heavy atom. The summed E-state index contributed by atoms with van der Waals surface area (Å²) in [6, 6.07) is 17.2. The topological polar surface area (TPSA) is 49.4 Å². The van der Waals surface area contributed by atoms with Crippen molar-refractivity contribution in [3.63, 3.8) is 0 Å². The first-order chi connectivity index (χ1) is 10.6. The Labute approximate surface area is 133 Å². The molecule has 2 amide bonds. The maximum Gasteiger partial charge on any atom is 0.244 e. The van der Waals surface area contributed by atoms with Crippen LogP contribution in [-0.2, 0) is 9.59 Å². The van der Waals surface area contributed by atoms with E-state index in [-0.39, 0.29) is 23.6 Å². The Hall–Kier alpha value is -2.27. The third-order valence-corrected chi connectivity index (χ3v) is 4.54. The number of benzene rings is 2. The number of rotatable bonds is 3. The highest BCUT2D eigenvalue weighted by molar-refractivity contribution is 8.00. The molecule has 1 heterocycles. The Balaban J connectivity index is 1.81. The molecule has 5 heteroatoms. The zero-order chi connectivity index (χ0) is 15.5. The fourth-order valence-electron chi connectivity index (χ4n) is 2.40. The molecule has 2 aromatic rings. The lowest BCUT2D eigenvalue weighted by atomic mass is 10.2. The van der Waals surface area contributed by atoms with Gasteiger partial charge >= 0.3 is 0 Å². The summed E-state index contributed by atoms with van der Waals surface area (Å²) in [6.45, 7) is 1.94. The van der Waals surface area contributed by atoms with Crippen molar-refractivity contribution < 1.29 is 9.59 Å². The first-order valence-corrected chi connectivity index (χ1v) is 7.95. The minimum Gasteiger partial charge on any atom is -0.323 e. The molecule has 0 spiro atoms. The van der Waals surface area contributed by atoms with Crippen LogP contribution >= 0.6 is 11.8 Å². The van der Waals surface area contributed by atoms with E-state index in [9.17, 15) is 9.59 Å². The van der Waals surface area contributed by atoms with Gasteiger partial charge in [-0.15, -0.1) is 11.8 Å². The number of thioether (sulfide) groups is 1. The van der Waals surface area contributed by atoms with Gasteiger partial charge in [0, 0.05) is 4.90 Å². The van der Waals surface area contributed by atoms with Crippen LogP contribution in [0.15, 0.2) is 59.5 Å². The van der Waals surface area contributed by atoms with Crippen molar-refractivity contribution >= 4 is 35.0 Å². The molecule has 1 aliphatic rings. The van der Waals surface area contributed by atoms with Crippen molar-refractivity contribution in [2.75, 3.05) is 16.8 Å². The first-order valence-electron chi connectivity index (χ1n) is 7.07. The molecular formula is C17H16N2O2S. The number of nitrogens with one attached hydrogen (secondary N) is 1. The van der Waals surface area contributed by atoms with Crippen LogP contribution in [0.25, 0.3) is 0 Å². The number of carbonyl (C=O) groups excluding carboxylic acids is 2. The summed E-state index contributed by atoms with van der Waals surface area (Å²) in [5.74, 6) is -0.222. The second-order valence-corrected chi connectivity index (χ2v) is 6.48. The Kier molecular flexibility index (Phi) is 4.15. The Morgan fingerprint density at radius 3 is 2.59 bits per heavy atom. The molecule has 0 saturated carbocycles. The second kappa shape index (κ2) is 6.23. The minimum atomic E-state index is -0.263. The summed E-state index contributed by atoms with van der Waals surface area (Å²) in [4.78, 5) is 27.1. The predicted molar refractivity (Wildman–Crippen MR) is 89.2 cm³/mol. The molecule has 1 atom stereocenters. The molecule has 0 saturated heterocycles. The molecule has 3 rings (SSSR count). The minimum absolute atomic E-state index is 0.0591. The van der Waals surface area contributed by atoms with E-state index in [0.717, 1.165) is 10.6 Å². The largest absolute Gasteiger partial charge is 0.323 e. The van der Waals surface area contributed by atoms with Crippen LogP contribution in [0.3, 0.4) is 0 Å². The number of hydrogen-bond acceptors (Lipinski definition) is 3. The molecule has 112 valence electrons. The van der Waals surface area contributed by atoms with Gasteiger partial charge in [0.25, 0.3) is 0 Å². The van der Waals surface area contributed by atoms with Gasteiger partial charge in [-0.25, -0.2) is 0 Å². The highest BCUT2D eigenvalue weighted by Gasteiger charge is 2.29. The maximum atomic E-state index is 12.7. The Morgan fingerprint density at radius 2 is 1.82 bits per heavy atom. The number of nitrogens with zero attached hydrogens (tertiary/aromatic N) is 1. The van der Waals surface area contributed by atoms with Gasteiger partial charge in [0.15, 0.2) is 0 Å². The molecular weight excluding hydrogens is 296 g/mol. The van der Waals surface area contributed by atoms with E-state index in [2.05, 4.69) is 5.32 Å². The number of hydrogen-bond donors (Lipinski definition) is 1. The van der Waals surface area contributed by atoms with E-state index in [0.29, 0.717) is 5.69 Å². The molecule has 4 nitrogen and oxygen atoms in total. The maximum absolute atomic E-state index is 12.7. The van der Waals surface area contributed by atoms with Gasteiger partial charge in [0.2, 0.25) is 11.8 Å². The molecule has 2 aromatic carbocycles. The molecule has 0 bridgehead atoms. The van der Waals surface area contributed by atoms with Crippen LogP contribution in [0.4, 0.5) is 11.4 Å². The van der Waals surface area contributed by atoms with Crippen molar-refractivity contribution in [1.29, 1.82) is 0 Å². The Bertz CT molecular complexity index is 703. The van der Waals surface area contributed by atoms with Crippen molar-refractivity contribution in [3.05, 3.63) is 54.6 Å². The van der Waals surface area contributed by atoms with Crippen molar-refractivity contribution in [2.45, 2.75) is 17.1 Å². The third-order valence-electron chi connectivity index (χ3n) is 3.44. The van der Waals surface area contributed by atoms with Crippen molar-refractivity contribution in [1.82, 2.24) is 0 Å². The van der Waals surface area contributed by atoms with Gasteiger partial charge in [-0.2, -0.15) is 0 Å². The fraction of sp³-hybridized carbons (Fsp3) is 0.176. The molecule has 1 aliphatic heterocycles. The first kappa shape index (κ1) is 14.7. The summed E-state index contributed by atoms with van der Waals surface area (Å²) in [5.41, 5.74) is 1.44. The summed E-state index contributed by atoms with van der Waals surface area (Å²) in [5, 5.41) is 2.53. The van der Waals surface area contributed by atoms with E-state index >= 15 is 0 Å². The molecule has 0 fully saturated rings. The molecule has 0 aliphatic carbocycles. The highest BCUT2D eigenvalue weighted by Crippen LogP contribution is 2.32. The molecule has 1 N–H and O–H groups in total. The fourth-order valence-corrected chi connectivity index (χ4v) is 3.35. The van der Waals surface area contributed by atoms with E-state index in [1.807, 2.05) is 61.5 Å². The van der Waals surface area contributed by atoms with E-state index < -0.39 is 0 Å². The average Bonchev–Trinajstić information content (AvgIpc) is 2.54. The molecule has 0 aromatic heterocycles. The lowest BCUT2D eigenvalue weighted by Gasteiger charge is -2.30. The quantitative estimate of drug-likeness (QED) is 0.886. The standard InChI is InChI=1S/C17H16N2O2S/c1-12(22-13-7-3-2-4-8-13)17(21)19-11-16(20)18-14-9-5-6-10-15(14)19/h2-10,12H,11H2,1H3,(H,18,20)/t12-/m1/s1. The molecule has 0 unspecified atom stereocenters. The monoisotopic (exact) mass is 312 g/mol. The zero-order valence-electron chi connectivity index (χ0n) is 12.2. The molecule has 0 radical (unpaired) electrons. The van der Waals surface area contributed by atoms with Gasteiger partial charge in [-0.3, -0.25) is 14.5 Å². The van der Waals surface area contributed by atoms with Crippen LogP contribution in [0, 0.1) is 0 Å². The number of para-hydroxylation sites is 2. The van der Waals surface area contributed by atoms with Gasteiger partial charge < -0.3 is 5.32 Å². The van der Waals surface area contributed by atoms with E-state index in [4.69, 9.17) is 0 Å². The zero-order valence-corrected chi connectivity index (χ0v) is 13.0. The van der Waals surface area contributed by atoms with Gasteiger partial charge in [0.1, 0.15) is 6.54 Å². The number of carbonyl (C=O) groups is 2. The second-order valence-electron chi connectivity index (χ2n) is 5.06. The van der Waals surface area contributed by atoms with E-state index in [1.165, 1.54) is 11.8 Å². The summed E-state index contributed by atoms with van der Waals surface area (Å²) >= 11 is 1.50. The third kappa shape index (κ3) is 2.99. The number of anilines is 2. The predicted octanol–water partition coefficient (Wildman–Crippen LogP) is 3.15. The van der Waals surface area contributed by atoms with Crippen LogP contribution in [0.1, 0.15) is 6.92 Å². The normalized spacial score (nSPS) is 15.0. The van der Waals surface area contributed by atoms with Gasteiger partial charge in [-0.05, 0) is 31.2 Å². The SMILES string of the molecule is C[C@@H](Sc1ccccc1)C(=O)N1CC(=O)Nc2ccccc21. The number of fused-ring (bicyclic) bond motifs is 1. The van der Waals surface area contributed by atoms with Crippen LogP contribution < -0.4 is 10.2 Å². The summed E-state index contributed by atoms with van der Waals surface area (Å²) in [6.07, 6.45) is 0. The van der Waals surface area contributed by atoms with Crippen LogP contribution in [-0.4, -0.2) is 23.6 Å². The number of amides is 2. The van der Waals surface area contributed by atoms with E-state index in [1.54, 1.807) is 4.90 Å². The molecule has 22 heavy (non-hydrogen) atoms. The van der Waals surface area contributed by atoms with Crippen molar-refractivity contribution in [2.24, 2.45) is 0 Å². The summed E-state index contributed by atoms with van der Waals surface area (Å²) < 4.78 is 0. The van der Waals surface area contributed by atoms with Crippen LogP contribution in [0.5, 0.6) is 0 Å². The average molecular weight is 312 g/mol. The highest BCUT2D eigenvalue weighted by atomic mass is 32.2.